The van der Waals surface area contributed by atoms with Crippen molar-refractivity contribution in [3.8, 4) is 17.2 Å². The molecule has 1 aliphatic heterocycles. The van der Waals surface area contributed by atoms with Crippen LogP contribution in [0.3, 0.4) is 0 Å². The number of ether oxygens (including phenoxy) is 3. The van der Waals surface area contributed by atoms with E-state index in [1.54, 1.807) is 27.4 Å². The van der Waals surface area contributed by atoms with Gasteiger partial charge in [0.2, 0.25) is 0 Å². The lowest BCUT2D eigenvalue weighted by Gasteiger charge is -2.36. The van der Waals surface area contributed by atoms with Crippen LogP contribution in [0.15, 0.2) is 36.4 Å². The van der Waals surface area contributed by atoms with E-state index in [2.05, 4.69) is 27.5 Å². The van der Waals surface area contributed by atoms with Gasteiger partial charge < -0.3 is 24.0 Å². The monoisotopic (exact) mass is 482 g/mol. The van der Waals surface area contributed by atoms with Gasteiger partial charge in [0.05, 0.1) is 26.9 Å². The van der Waals surface area contributed by atoms with Gasteiger partial charge in [-0.1, -0.05) is 0 Å². The maximum atomic E-state index is 13.0. The summed E-state index contributed by atoms with van der Waals surface area (Å²) in [5.74, 6) is 2.06. The number of piperazine rings is 1. The number of carbonyl (C=O) groups is 1. The molecule has 1 heterocycles. The summed E-state index contributed by atoms with van der Waals surface area (Å²) in [4.78, 5) is 17.2. The van der Waals surface area contributed by atoms with Gasteiger partial charge in [0.15, 0.2) is 11.5 Å². The first kappa shape index (κ1) is 19.6. The lowest BCUT2D eigenvalue weighted by Crippen LogP contribution is -2.49. The smallest absolute Gasteiger partial charge is 0.255 e. The molecule has 0 radical (unpaired) electrons. The fourth-order valence-electron chi connectivity index (χ4n) is 3.15. The van der Waals surface area contributed by atoms with E-state index in [9.17, 15) is 4.79 Å². The first-order chi connectivity index (χ1) is 13.1. The van der Waals surface area contributed by atoms with Crippen LogP contribution >= 0.6 is 22.6 Å². The molecule has 1 amide bonds. The predicted octanol–water partition coefficient (Wildman–Crippen LogP) is 3.28. The Morgan fingerprint density at radius 3 is 2.04 bits per heavy atom. The molecule has 0 N–H and O–H groups in total. The summed E-state index contributed by atoms with van der Waals surface area (Å²) in [7, 11) is 4.83. The van der Waals surface area contributed by atoms with Gasteiger partial charge in [-0.3, -0.25) is 4.79 Å². The average Bonchev–Trinajstić information content (AvgIpc) is 2.73. The van der Waals surface area contributed by atoms with Crippen LogP contribution in [0, 0.1) is 3.57 Å². The molecular weight excluding hydrogens is 459 g/mol. The van der Waals surface area contributed by atoms with E-state index in [0.29, 0.717) is 30.2 Å². The molecule has 0 bridgehead atoms. The SMILES string of the molecule is COc1ccc(N2CCN(C(=O)c3cc(OC)c(OC)cc3I)CC2)cc1. The highest BCUT2D eigenvalue weighted by molar-refractivity contribution is 14.1. The minimum absolute atomic E-state index is 0.0229. The molecule has 0 aromatic heterocycles. The van der Waals surface area contributed by atoms with Gasteiger partial charge in [-0.05, 0) is 59.0 Å². The van der Waals surface area contributed by atoms with Crippen LogP contribution in [0.2, 0.25) is 0 Å². The summed E-state index contributed by atoms with van der Waals surface area (Å²) >= 11 is 2.17. The number of hydrogen-bond donors (Lipinski definition) is 0. The molecule has 1 fully saturated rings. The number of methoxy groups -OCH3 is 3. The third kappa shape index (κ3) is 4.23. The van der Waals surface area contributed by atoms with Gasteiger partial charge in [0.1, 0.15) is 5.75 Å². The van der Waals surface area contributed by atoms with Gasteiger partial charge in [-0.25, -0.2) is 0 Å². The quantitative estimate of drug-likeness (QED) is 0.613. The van der Waals surface area contributed by atoms with E-state index in [1.807, 2.05) is 35.2 Å². The standard InChI is InChI=1S/C20H23IN2O4/c1-25-15-6-4-14(5-7-15)22-8-10-23(11-9-22)20(24)16-12-18(26-2)19(27-3)13-17(16)21/h4-7,12-13H,8-11H2,1-3H3. The second kappa shape index (κ2) is 8.69. The molecule has 0 saturated carbocycles. The minimum atomic E-state index is 0.0229. The second-order valence-corrected chi connectivity index (χ2v) is 7.33. The van der Waals surface area contributed by atoms with Crippen LogP contribution in [0.25, 0.3) is 0 Å². The summed E-state index contributed by atoms with van der Waals surface area (Å²) in [6.45, 7) is 2.94. The zero-order valence-electron chi connectivity index (χ0n) is 15.7. The fraction of sp³-hybridized carbons (Fsp3) is 0.350. The van der Waals surface area contributed by atoms with Crippen molar-refractivity contribution in [2.45, 2.75) is 0 Å². The van der Waals surface area contributed by atoms with Crippen LogP contribution in [0.4, 0.5) is 5.69 Å². The Kier molecular flexibility index (Phi) is 6.30. The van der Waals surface area contributed by atoms with Crippen LogP contribution in [0.5, 0.6) is 17.2 Å². The van der Waals surface area contributed by atoms with Gasteiger partial charge in [0.25, 0.3) is 5.91 Å². The Hall–Kier alpha value is -2.16. The van der Waals surface area contributed by atoms with E-state index < -0.39 is 0 Å². The van der Waals surface area contributed by atoms with E-state index in [1.165, 1.54) is 0 Å². The van der Waals surface area contributed by atoms with Crippen molar-refractivity contribution in [1.82, 2.24) is 4.90 Å². The molecule has 0 spiro atoms. The van der Waals surface area contributed by atoms with Crippen LogP contribution in [0.1, 0.15) is 10.4 Å². The molecule has 0 aliphatic carbocycles. The van der Waals surface area contributed by atoms with Crippen molar-refractivity contribution in [1.29, 1.82) is 0 Å². The van der Waals surface area contributed by atoms with Crippen molar-refractivity contribution in [2.24, 2.45) is 0 Å². The maximum Gasteiger partial charge on any atom is 0.255 e. The highest BCUT2D eigenvalue weighted by Gasteiger charge is 2.25. The number of halogens is 1. The average molecular weight is 482 g/mol. The Morgan fingerprint density at radius 1 is 0.889 bits per heavy atom. The Bertz CT molecular complexity index is 802. The largest absolute Gasteiger partial charge is 0.497 e. The van der Waals surface area contributed by atoms with Gasteiger partial charge >= 0.3 is 0 Å². The molecule has 1 saturated heterocycles. The number of amides is 1. The normalized spacial score (nSPS) is 14.1. The summed E-state index contributed by atoms with van der Waals surface area (Å²) in [5, 5.41) is 0. The number of carbonyl (C=O) groups excluding carboxylic acids is 1. The van der Waals surface area contributed by atoms with Crippen molar-refractivity contribution in [3.05, 3.63) is 45.5 Å². The van der Waals surface area contributed by atoms with Crippen LogP contribution in [-0.2, 0) is 0 Å². The van der Waals surface area contributed by atoms with Gasteiger partial charge in [0, 0.05) is 35.4 Å². The van der Waals surface area contributed by atoms with Crippen molar-refractivity contribution >= 4 is 34.2 Å². The third-order valence-electron chi connectivity index (χ3n) is 4.71. The molecule has 27 heavy (non-hydrogen) atoms. The topological polar surface area (TPSA) is 51.2 Å². The zero-order chi connectivity index (χ0) is 19.4. The number of nitrogens with zero attached hydrogens (tertiary/aromatic N) is 2. The summed E-state index contributed by atoms with van der Waals surface area (Å²) in [6, 6.07) is 11.6. The molecule has 0 unspecified atom stereocenters. The molecule has 6 nitrogen and oxygen atoms in total. The van der Waals surface area contributed by atoms with Crippen LogP contribution in [-0.4, -0.2) is 58.3 Å². The molecule has 7 heteroatoms. The number of benzene rings is 2. The molecule has 1 aliphatic rings. The van der Waals surface area contributed by atoms with Crippen molar-refractivity contribution in [3.63, 3.8) is 0 Å². The molecular formula is C20H23IN2O4. The van der Waals surface area contributed by atoms with E-state index in [4.69, 9.17) is 14.2 Å². The van der Waals surface area contributed by atoms with Crippen molar-refractivity contribution < 1.29 is 19.0 Å². The first-order valence-electron chi connectivity index (χ1n) is 8.67. The lowest BCUT2D eigenvalue weighted by atomic mass is 10.1. The molecule has 144 valence electrons. The van der Waals surface area contributed by atoms with E-state index >= 15 is 0 Å². The van der Waals surface area contributed by atoms with E-state index in [0.717, 1.165) is 28.1 Å². The predicted molar refractivity (Wildman–Crippen MR) is 113 cm³/mol. The minimum Gasteiger partial charge on any atom is -0.497 e. The Labute approximate surface area is 173 Å². The summed E-state index contributed by atoms with van der Waals surface area (Å²) in [6.07, 6.45) is 0. The molecule has 2 aromatic carbocycles. The number of rotatable bonds is 5. The lowest BCUT2D eigenvalue weighted by molar-refractivity contribution is 0.0745. The number of hydrogen-bond acceptors (Lipinski definition) is 5. The molecule has 2 aromatic rings. The van der Waals surface area contributed by atoms with Gasteiger partial charge in [-0.2, -0.15) is 0 Å². The fourth-order valence-corrected chi connectivity index (χ4v) is 3.82. The van der Waals surface area contributed by atoms with Crippen molar-refractivity contribution in [2.75, 3.05) is 52.4 Å². The maximum absolute atomic E-state index is 13.0. The van der Waals surface area contributed by atoms with Gasteiger partial charge in [-0.15, -0.1) is 0 Å². The Balaban J connectivity index is 1.69. The highest BCUT2D eigenvalue weighted by atomic mass is 127. The second-order valence-electron chi connectivity index (χ2n) is 6.16. The third-order valence-corrected chi connectivity index (χ3v) is 5.60. The first-order valence-corrected chi connectivity index (χ1v) is 9.75. The number of anilines is 1. The molecule has 0 atom stereocenters. The van der Waals surface area contributed by atoms with Crippen LogP contribution < -0.4 is 19.1 Å². The summed E-state index contributed by atoms with van der Waals surface area (Å²) < 4.78 is 16.7. The van der Waals surface area contributed by atoms with E-state index in [-0.39, 0.29) is 5.91 Å². The summed E-state index contributed by atoms with van der Waals surface area (Å²) in [5.41, 5.74) is 1.79. The molecule has 3 rings (SSSR count). The zero-order valence-corrected chi connectivity index (χ0v) is 17.9. The highest BCUT2D eigenvalue weighted by Crippen LogP contribution is 2.32. The Morgan fingerprint density at radius 2 is 1.48 bits per heavy atom.